The van der Waals surface area contributed by atoms with Crippen LogP contribution < -0.4 is 25.1 Å². The normalized spacial score (nSPS) is 10.7. The van der Waals surface area contributed by atoms with Gasteiger partial charge in [0, 0.05) is 12.3 Å². The van der Waals surface area contributed by atoms with Crippen LogP contribution in [-0.4, -0.2) is 36.8 Å². The Balaban J connectivity index is 1.68. The van der Waals surface area contributed by atoms with E-state index in [2.05, 4.69) is 10.3 Å². The number of nitrogens with zero attached hydrogens (tertiary/aromatic N) is 2. The van der Waals surface area contributed by atoms with Crippen LogP contribution in [0.2, 0.25) is 0 Å². The molecule has 0 aliphatic carbocycles. The maximum absolute atomic E-state index is 13.2. The number of fused-ring (bicyclic) bond motifs is 1. The number of amides is 1. The molecule has 0 fully saturated rings. The van der Waals surface area contributed by atoms with E-state index in [9.17, 15) is 9.59 Å². The third-order valence-corrected chi connectivity index (χ3v) is 5.56. The molecule has 1 amide bonds. The molecule has 8 nitrogen and oxygen atoms in total. The first-order valence-electron chi connectivity index (χ1n) is 10.6. The fourth-order valence-electron chi connectivity index (χ4n) is 3.69. The van der Waals surface area contributed by atoms with Crippen molar-refractivity contribution in [3.63, 3.8) is 0 Å². The van der Waals surface area contributed by atoms with Gasteiger partial charge in [0.05, 0.1) is 55.7 Å². The highest BCUT2D eigenvalue weighted by molar-refractivity contribution is 6.07. The van der Waals surface area contributed by atoms with Crippen LogP contribution in [0.4, 0.5) is 5.69 Å². The molecule has 8 heteroatoms. The summed E-state index contributed by atoms with van der Waals surface area (Å²) in [7, 11) is 4.67. The van der Waals surface area contributed by atoms with Gasteiger partial charge in [-0.1, -0.05) is 12.1 Å². The van der Waals surface area contributed by atoms with E-state index in [1.54, 1.807) is 62.2 Å². The summed E-state index contributed by atoms with van der Waals surface area (Å²) < 4.78 is 17.4. The molecule has 0 atom stereocenters. The van der Waals surface area contributed by atoms with E-state index in [-0.39, 0.29) is 5.56 Å². The van der Waals surface area contributed by atoms with Gasteiger partial charge in [0.15, 0.2) is 0 Å². The monoisotopic (exact) mass is 459 g/mol. The van der Waals surface area contributed by atoms with Crippen LogP contribution in [0.3, 0.4) is 0 Å². The smallest absolute Gasteiger partial charge is 0.260 e. The Morgan fingerprint density at radius 1 is 0.941 bits per heavy atom. The number of ether oxygens (including phenoxy) is 3. The van der Waals surface area contributed by atoms with E-state index in [0.29, 0.717) is 45.9 Å². The van der Waals surface area contributed by atoms with Gasteiger partial charge < -0.3 is 24.1 Å². The molecule has 4 aromatic rings. The number of methoxy groups -OCH3 is 3. The van der Waals surface area contributed by atoms with Gasteiger partial charge in [-0.15, -0.1) is 0 Å². The molecule has 174 valence electrons. The fourth-order valence-corrected chi connectivity index (χ4v) is 3.69. The van der Waals surface area contributed by atoms with Gasteiger partial charge >= 0.3 is 0 Å². The first-order chi connectivity index (χ1) is 16.4. The second-order valence-corrected chi connectivity index (χ2v) is 7.67. The predicted octanol–water partition coefficient (Wildman–Crippen LogP) is 4.03. The summed E-state index contributed by atoms with van der Waals surface area (Å²) in [6, 6.07) is 16.0. The predicted molar refractivity (Wildman–Crippen MR) is 130 cm³/mol. The Bertz CT molecular complexity index is 1410. The molecule has 0 radical (unpaired) electrons. The molecule has 4 rings (SSSR count). The van der Waals surface area contributed by atoms with Crippen LogP contribution in [0.25, 0.3) is 10.9 Å². The van der Waals surface area contributed by atoms with Gasteiger partial charge in [-0.3, -0.25) is 14.6 Å². The summed E-state index contributed by atoms with van der Waals surface area (Å²) in [5, 5.41) is 3.20. The highest BCUT2D eigenvalue weighted by Crippen LogP contribution is 2.29. The molecule has 0 unspecified atom stereocenters. The number of aromatic nitrogens is 2. The number of carbonyl (C=O) groups is 1. The van der Waals surface area contributed by atoms with Crippen molar-refractivity contribution < 1.29 is 19.0 Å². The Kier molecular flexibility index (Phi) is 6.49. The van der Waals surface area contributed by atoms with E-state index in [4.69, 9.17) is 14.2 Å². The SMILES string of the molecule is COc1ccc(Cn2ccc3nc(C)c(C(=O)Nc4cc(OC)ccc4OC)cc3c2=O)cc1. The van der Waals surface area contributed by atoms with E-state index < -0.39 is 5.91 Å². The molecule has 0 bridgehead atoms. The van der Waals surface area contributed by atoms with Gasteiger partial charge in [-0.05, 0) is 48.9 Å². The molecular formula is C26H25N3O5. The molecule has 34 heavy (non-hydrogen) atoms. The van der Waals surface area contributed by atoms with Crippen LogP contribution in [0.1, 0.15) is 21.6 Å². The molecular weight excluding hydrogens is 434 g/mol. The van der Waals surface area contributed by atoms with Crippen molar-refractivity contribution in [1.82, 2.24) is 9.55 Å². The van der Waals surface area contributed by atoms with Gasteiger partial charge in [-0.25, -0.2) is 0 Å². The molecule has 2 aromatic carbocycles. The second kappa shape index (κ2) is 9.66. The number of pyridine rings is 2. The fraction of sp³-hybridized carbons (Fsp3) is 0.192. The van der Waals surface area contributed by atoms with Gasteiger partial charge in [0.1, 0.15) is 17.2 Å². The van der Waals surface area contributed by atoms with Crippen LogP contribution in [0, 0.1) is 6.92 Å². The van der Waals surface area contributed by atoms with Crippen molar-refractivity contribution >= 4 is 22.5 Å². The summed E-state index contributed by atoms with van der Waals surface area (Å²) >= 11 is 0. The van der Waals surface area contributed by atoms with E-state index in [1.165, 1.54) is 7.11 Å². The molecule has 2 heterocycles. The van der Waals surface area contributed by atoms with Crippen LogP contribution in [-0.2, 0) is 6.54 Å². The van der Waals surface area contributed by atoms with Crippen molar-refractivity contribution in [2.75, 3.05) is 26.6 Å². The largest absolute Gasteiger partial charge is 0.497 e. The van der Waals surface area contributed by atoms with Crippen molar-refractivity contribution in [1.29, 1.82) is 0 Å². The number of benzene rings is 2. The number of hydrogen-bond acceptors (Lipinski definition) is 6. The summed E-state index contributed by atoms with van der Waals surface area (Å²) in [5.74, 6) is 1.41. The first kappa shape index (κ1) is 22.8. The Labute approximate surface area is 196 Å². The molecule has 2 aromatic heterocycles. The molecule has 0 saturated heterocycles. The lowest BCUT2D eigenvalue weighted by Gasteiger charge is -2.13. The van der Waals surface area contributed by atoms with Crippen molar-refractivity contribution in [3.8, 4) is 17.2 Å². The number of anilines is 1. The number of rotatable bonds is 7. The van der Waals surface area contributed by atoms with Crippen LogP contribution in [0.15, 0.2) is 65.6 Å². The van der Waals surface area contributed by atoms with Gasteiger partial charge in [-0.2, -0.15) is 0 Å². The summed E-state index contributed by atoms with van der Waals surface area (Å²) in [6.07, 6.45) is 1.71. The lowest BCUT2D eigenvalue weighted by Crippen LogP contribution is -2.22. The maximum Gasteiger partial charge on any atom is 0.260 e. The average molecular weight is 460 g/mol. The number of carbonyl (C=O) groups excluding carboxylic acids is 1. The topological polar surface area (TPSA) is 91.7 Å². The maximum atomic E-state index is 13.2. The lowest BCUT2D eigenvalue weighted by molar-refractivity contribution is 0.102. The van der Waals surface area contributed by atoms with E-state index in [1.807, 2.05) is 24.3 Å². The molecule has 1 N–H and O–H groups in total. The molecule has 0 saturated carbocycles. The van der Waals surface area contributed by atoms with Gasteiger partial charge in [0.25, 0.3) is 11.5 Å². The van der Waals surface area contributed by atoms with Gasteiger partial charge in [0.2, 0.25) is 0 Å². The third kappa shape index (κ3) is 4.56. The average Bonchev–Trinajstić information content (AvgIpc) is 2.85. The van der Waals surface area contributed by atoms with Crippen molar-refractivity contribution in [2.45, 2.75) is 13.5 Å². The minimum Gasteiger partial charge on any atom is -0.497 e. The Morgan fingerprint density at radius 2 is 1.65 bits per heavy atom. The minimum absolute atomic E-state index is 0.228. The molecule has 0 aliphatic heterocycles. The minimum atomic E-state index is -0.400. The van der Waals surface area contributed by atoms with E-state index >= 15 is 0 Å². The first-order valence-corrected chi connectivity index (χ1v) is 10.6. The number of nitrogens with one attached hydrogen (secondary N) is 1. The Hall–Kier alpha value is -4.33. The zero-order chi connectivity index (χ0) is 24.2. The zero-order valence-electron chi connectivity index (χ0n) is 19.4. The second-order valence-electron chi connectivity index (χ2n) is 7.67. The third-order valence-electron chi connectivity index (χ3n) is 5.56. The van der Waals surface area contributed by atoms with Crippen LogP contribution >= 0.6 is 0 Å². The quantitative estimate of drug-likeness (QED) is 0.449. The van der Waals surface area contributed by atoms with E-state index in [0.717, 1.165) is 11.3 Å². The number of aryl methyl sites for hydroxylation is 1. The van der Waals surface area contributed by atoms with Crippen molar-refractivity contribution in [3.05, 3.63) is 88.0 Å². The highest BCUT2D eigenvalue weighted by Gasteiger charge is 2.16. The lowest BCUT2D eigenvalue weighted by atomic mass is 10.1. The standard InChI is InChI=1S/C26H25N3O5/c1-16-20(25(30)28-23-13-19(33-3)9-10-24(23)34-4)14-21-22(27-16)11-12-29(26(21)31)15-17-5-7-18(32-2)8-6-17/h5-14H,15H2,1-4H3,(H,28,30). The molecule has 0 aliphatic rings. The summed E-state index contributed by atoms with van der Waals surface area (Å²) in [5.41, 5.74) is 2.52. The Morgan fingerprint density at radius 3 is 2.32 bits per heavy atom. The highest BCUT2D eigenvalue weighted by atomic mass is 16.5. The van der Waals surface area contributed by atoms with Crippen molar-refractivity contribution in [2.24, 2.45) is 0 Å². The summed E-state index contributed by atoms with van der Waals surface area (Å²) in [4.78, 5) is 30.8. The molecule has 0 spiro atoms. The number of hydrogen-bond donors (Lipinski definition) is 1. The zero-order valence-corrected chi connectivity index (χ0v) is 19.4. The van der Waals surface area contributed by atoms with Crippen LogP contribution in [0.5, 0.6) is 17.2 Å². The summed E-state index contributed by atoms with van der Waals surface area (Å²) in [6.45, 7) is 2.12.